The lowest BCUT2D eigenvalue weighted by atomic mass is 10.0. The number of carboxylic acids is 1. The van der Waals surface area contributed by atoms with Crippen LogP contribution in [0.3, 0.4) is 0 Å². The SMILES string of the molecule is CN1CCc2c(Cl)ccc(OCC(=O)[O-])c2CC1. The van der Waals surface area contributed by atoms with Gasteiger partial charge in [-0.05, 0) is 37.6 Å². The van der Waals surface area contributed by atoms with Crippen LogP contribution in [0.25, 0.3) is 0 Å². The Morgan fingerprint density at radius 3 is 2.72 bits per heavy atom. The lowest BCUT2D eigenvalue weighted by Crippen LogP contribution is -2.29. The number of carbonyl (C=O) groups is 1. The van der Waals surface area contributed by atoms with Crippen LogP contribution in [-0.4, -0.2) is 37.6 Å². The second-order valence-electron chi connectivity index (χ2n) is 4.47. The van der Waals surface area contributed by atoms with E-state index in [-0.39, 0.29) is 0 Å². The van der Waals surface area contributed by atoms with E-state index < -0.39 is 12.6 Å². The number of carbonyl (C=O) groups excluding carboxylic acids is 1. The van der Waals surface area contributed by atoms with Crippen LogP contribution in [-0.2, 0) is 17.6 Å². The molecular weight excluding hydrogens is 254 g/mol. The molecule has 0 spiro atoms. The maximum Gasteiger partial charge on any atom is 0.128 e. The number of fused-ring (bicyclic) bond motifs is 1. The summed E-state index contributed by atoms with van der Waals surface area (Å²) in [4.78, 5) is 12.7. The highest BCUT2D eigenvalue weighted by Gasteiger charge is 2.18. The zero-order valence-corrected chi connectivity index (χ0v) is 11.0. The van der Waals surface area contributed by atoms with Crippen molar-refractivity contribution in [1.82, 2.24) is 4.90 Å². The van der Waals surface area contributed by atoms with Crippen molar-refractivity contribution in [3.63, 3.8) is 0 Å². The summed E-state index contributed by atoms with van der Waals surface area (Å²) < 4.78 is 5.27. The highest BCUT2D eigenvalue weighted by atomic mass is 35.5. The van der Waals surface area contributed by atoms with Crippen molar-refractivity contribution < 1.29 is 14.6 Å². The second-order valence-corrected chi connectivity index (χ2v) is 4.87. The molecule has 4 nitrogen and oxygen atoms in total. The Morgan fingerprint density at radius 1 is 1.39 bits per heavy atom. The molecule has 1 aromatic rings. The first-order chi connectivity index (χ1) is 8.58. The van der Waals surface area contributed by atoms with Gasteiger partial charge in [-0.15, -0.1) is 0 Å². The fourth-order valence-corrected chi connectivity index (χ4v) is 2.45. The molecule has 0 atom stereocenters. The molecule has 0 amide bonds. The van der Waals surface area contributed by atoms with Crippen LogP contribution in [0.2, 0.25) is 5.02 Å². The minimum absolute atomic E-state index is 0.427. The minimum atomic E-state index is -1.22. The van der Waals surface area contributed by atoms with Crippen molar-refractivity contribution >= 4 is 17.6 Å². The van der Waals surface area contributed by atoms with Crippen LogP contribution < -0.4 is 9.84 Å². The van der Waals surface area contributed by atoms with Gasteiger partial charge in [0.1, 0.15) is 12.4 Å². The maximum absolute atomic E-state index is 10.5. The lowest BCUT2D eigenvalue weighted by molar-refractivity contribution is -0.307. The van der Waals surface area contributed by atoms with Crippen LogP contribution in [0.5, 0.6) is 5.75 Å². The molecule has 0 unspecified atom stereocenters. The Kier molecular flexibility index (Phi) is 4.09. The number of hydrogen-bond donors (Lipinski definition) is 0. The quantitative estimate of drug-likeness (QED) is 0.801. The minimum Gasteiger partial charge on any atom is -0.546 e. The lowest BCUT2D eigenvalue weighted by Gasteiger charge is -2.15. The monoisotopic (exact) mass is 268 g/mol. The number of rotatable bonds is 3. The Balaban J connectivity index is 2.29. The van der Waals surface area contributed by atoms with E-state index >= 15 is 0 Å². The zero-order chi connectivity index (χ0) is 13.1. The maximum atomic E-state index is 10.5. The molecule has 18 heavy (non-hydrogen) atoms. The van der Waals surface area contributed by atoms with Gasteiger partial charge in [0.25, 0.3) is 0 Å². The number of hydrogen-bond acceptors (Lipinski definition) is 4. The summed E-state index contributed by atoms with van der Waals surface area (Å²) in [7, 11) is 2.06. The van der Waals surface area contributed by atoms with Gasteiger partial charge in [-0.3, -0.25) is 0 Å². The molecule has 0 aliphatic carbocycles. The van der Waals surface area contributed by atoms with Crippen molar-refractivity contribution in [2.45, 2.75) is 12.8 Å². The van der Waals surface area contributed by atoms with Gasteiger partial charge < -0.3 is 19.5 Å². The van der Waals surface area contributed by atoms with Crippen LogP contribution >= 0.6 is 11.6 Å². The van der Waals surface area contributed by atoms with Gasteiger partial charge in [-0.25, -0.2) is 0 Å². The summed E-state index contributed by atoms with van der Waals surface area (Å²) in [5.41, 5.74) is 2.09. The smallest absolute Gasteiger partial charge is 0.128 e. The largest absolute Gasteiger partial charge is 0.546 e. The van der Waals surface area contributed by atoms with Gasteiger partial charge in [0.15, 0.2) is 0 Å². The van der Waals surface area contributed by atoms with Crippen molar-refractivity contribution in [2.24, 2.45) is 0 Å². The third-order valence-corrected chi connectivity index (χ3v) is 3.52. The zero-order valence-electron chi connectivity index (χ0n) is 10.2. The number of benzene rings is 1. The van der Waals surface area contributed by atoms with Gasteiger partial charge >= 0.3 is 0 Å². The van der Waals surface area contributed by atoms with E-state index in [2.05, 4.69) is 11.9 Å². The molecule has 0 saturated carbocycles. The number of aliphatic carboxylic acids is 1. The van der Waals surface area contributed by atoms with Gasteiger partial charge in [0.2, 0.25) is 0 Å². The molecule has 1 aliphatic heterocycles. The topological polar surface area (TPSA) is 52.6 Å². The molecule has 5 heteroatoms. The molecule has 0 aromatic heterocycles. The molecule has 0 radical (unpaired) electrons. The number of nitrogens with zero attached hydrogens (tertiary/aromatic N) is 1. The molecule has 1 aliphatic rings. The molecule has 0 fully saturated rings. The van der Waals surface area contributed by atoms with E-state index in [1.165, 1.54) is 0 Å². The van der Waals surface area contributed by atoms with Crippen molar-refractivity contribution in [2.75, 3.05) is 26.7 Å². The molecule has 2 rings (SSSR count). The van der Waals surface area contributed by atoms with Crippen molar-refractivity contribution in [3.05, 3.63) is 28.3 Å². The highest BCUT2D eigenvalue weighted by Crippen LogP contribution is 2.31. The summed E-state index contributed by atoms with van der Waals surface area (Å²) in [6.45, 7) is 1.43. The number of halogens is 1. The number of likely N-dealkylation sites (N-methyl/N-ethyl adjacent to an activating group) is 1. The van der Waals surface area contributed by atoms with E-state index in [0.717, 1.165) is 42.1 Å². The van der Waals surface area contributed by atoms with E-state index in [4.69, 9.17) is 16.3 Å². The second kappa shape index (κ2) is 5.59. The predicted octanol–water partition coefficient (Wildman–Crippen LogP) is 0.499. The standard InChI is InChI=1S/C13H16ClNO3/c1-15-6-4-9-10(5-7-15)12(3-2-11(9)14)18-8-13(16)17/h2-3H,4-8H2,1H3,(H,16,17)/p-1. The normalized spacial score (nSPS) is 15.9. The Bertz CT molecular complexity index is 462. The van der Waals surface area contributed by atoms with Crippen molar-refractivity contribution in [1.29, 1.82) is 0 Å². The fraction of sp³-hybridized carbons (Fsp3) is 0.462. The molecule has 0 bridgehead atoms. The molecule has 1 heterocycles. The third kappa shape index (κ3) is 2.94. The molecule has 98 valence electrons. The van der Waals surface area contributed by atoms with E-state index in [1.807, 2.05) is 0 Å². The molecule has 0 N–H and O–H groups in total. The summed E-state index contributed by atoms with van der Waals surface area (Å²) in [5.74, 6) is -0.613. The summed E-state index contributed by atoms with van der Waals surface area (Å²) in [6, 6.07) is 3.49. The Hall–Kier alpha value is -1.26. The molecule has 0 saturated heterocycles. The van der Waals surface area contributed by atoms with E-state index in [0.29, 0.717) is 5.75 Å². The third-order valence-electron chi connectivity index (χ3n) is 3.16. The van der Waals surface area contributed by atoms with Crippen LogP contribution in [0.4, 0.5) is 0 Å². The first kappa shape index (κ1) is 13.2. The van der Waals surface area contributed by atoms with E-state index in [9.17, 15) is 9.90 Å². The van der Waals surface area contributed by atoms with Gasteiger partial charge in [-0.2, -0.15) is 0 Å². The average molecular weight is 269 g/mol. The summed E-state index contributed by atoms with van der Waals surface area (Å²) in [5, 5.41) is 11.2. The molecular formula is C13H15ClNO3-. The molecule has 1 aromatic carbocycles. The fourth-order valence-electron chi connectivity index (χ4n) is 2.18. The first-order valence-electron chi connectivity index (χ1n) is 5.89. The van der Waals surface area contributed by atoms with Crippen LogP contribution in [0.1, 0.15) is 11.1 Å². The number of carboxylic acid groups (broad SMARTS) is 1. The van der Waals surface area contributed by atoms with Gasteiger partial charge in [0.05, 0.1) is 5.97 Å². The number of ether oxygens (including phenoxy) is 1. The first-order valence-corrected chi connectivity index (χ1v) is 6.27. The van der Waals surface area contributed by atoms with Gasteiger partial charge in [-0.1, -0.05) is 11.6 Å². The van der Waals surface area contributed by atoms with Crippen LogP contribution in [0.15, 0.2) is 12.1 Å². The summed E-state index contributed by atoms with van der Waals surface area (Å²) >= 11 is 6.19. The van der Waals surface area contributed by atoms with Crippen LogP contribution in [0, 0.1) is 0 Å². The summed E-state index contributed by atoms with van der Waals surface area (Å²) in [6.07, 6.45) is 1.67. The highest BCUT2D eigenvalue weighted by molar-refractivity contribution is 6.31. The predicted molar refractivity (Wildman–Crippen MR) is 66.9 cm³/mol. The van der Waals surface area contributed by atoms with Gasteiger partial charge in [0, 0.05) is 23.7 Å². The van der Waals surface area contributed by atoms with Crippen molar-refractivity contribution in [3.8, 4) is 5.75 Å². The Morgan fingerprint density at radius 2 is 2.06 bits per heavy atom. The Labute approximate surface area is 111 Å². The van der Waals surface area contributed by atoms with E-state index in [1.54, 1.807) is 12.1 Å². The average Bonchev–Trinajstić information content (AvgIpc) is 2.52.